The van der Waals surface area contributed by atoms with Gasteiger partial charge in [-0.2, -0.15) is 0 Å². The molecule has 1 unspecified atom stereocenters. The molecule has 1 aromatic carbocycles. The number of carbonyl (C=O) groups is 2. The number of benzene rings is 1. The van der Waals surface area contributed by atoms with E-state index in [4.69, 9.17) is 9.47 Å². The summed E-state index contributed by atoms with van der Waals surface area (Å²) in [6, 6.07) is 5.58. The third-order valence-electron chi connectivity index (χ3n) is 8.01. The Bertz CT molecular complexity index is 931. The second-order valence-corrected chi connectivity index (χ2v) is 12.3. The fourth-order valence-corrected chi connectivity index (χ4v) is 6.01. The number of hydrogen-bond acceptors (Lipinski definition) is 5. The maximum absolute atomic E-state index is 13.7. The topological polar surface area (TPSA) is 79.3 Å². The lowest BCUT2D eigenvalue weighted by Crippen LogP contribution is -2.46. The predicted molar refractivity (Wildman–Crippen MR) is 149 cm³/mol. The highest BCUT2D eigenvalue weighted by molar-refractivity contribution is 5.79. The number of ether oxygens (including phenoxy) is 2. The third kappa shape index (κ3) is 8.09. The molecule has 0 aromatic heterocycles. The van der Waals surface area contributed by atoms with Crippen molar-refractivity contribution in [2.24, 2.45) is 11.8 Å². The van der Waals surface area contributed by atoms with Crippen LogP contribution in [-0.4, -0.2) is 98.0 Å². The Morgan fingerprint density at radius 2 is 1.82 bits per heavy atom. The minimum Gasteiger partial charge on any atom is -0.481 e. The lowest BCUT2D eigenvalue weighted by atomic mass is 9.81. The van der Waals surface area contributed by atoms with Crippen LogP contribution in [0.4, 0.5) is 0 Å². The van der Waals surface area contributed by atoms with Crippen LogP contribution >= 0.6 is 0 Å². The van der Waals surface area contributed by atoms with Crippen LogP contribution in [0, 0.1) is 11.8 Å². The van der Waals surface area contributed by atoms with E-state index in [1.165, 1.54) is 0 Å². The molecule has 0 spiro atoms. The van der Waals surface area contributed by atoms with E-state index < -0.39 is 11.9 Å². The number of nitrogens with zero attached hydrogens (tertiary/aromatic N) is 3. The number of likely N-dealkylation sites (tertiary alicyclic amines) is 1. The first-order chi connectivity index (χ1) is 18.0. The molecule has 8 nitrogen and oxygen atoms in total. The minimum absolute atomic E-state index is 0.114. The molecule has 4 atom stereocenters. The number of carbonyl (C=O) groups excluding carboxylic acids is 1. The lowest BCUT2D eigenvalue weighted by Gasteiger charge is -2.32. The van der Waals surface area contributed by atoms with Crippen LogP contribution in [0.3, 0.4) is 0 Å². The first kappa shape index (κ1) is 30.2. The maximum atomic E-state index is 13.7. The maximum Gasteiger partial charge on any atom is 0.308 e. The summed E-state index contributed by atoms with van der Waals surface area (Å²) in [4.78, 5) is 30.6. The van der Waals surface area contributed by atoms with Crippen LogP contribution < -0.4 is 9.47 Å². The Balaban J connectivity index is 1.83. The Morgan fingerprint density at radius 1 is 1.11 bits per heavy atom. The van der Waals surface area contributed by atoms with E-state index in [-0.39, 0.29) is 31.2 Å². The van der Waals surface area contributed by atoms with Gasteiger partial charge in [-0.3, -0.25) is 14.5 Å². The molecule has 0 radical (unpaired) electrons. The van der Waals surface area contributed by atoms with Crippen molar-refractivity contribution < 1.29 is 28.7 Å². The standard InChI is InChI=1S/C30H49N3O5/c1-7-9-14-31(15-10-16-33(4,5)6)28(34)20-32-19-24(23-12-13-26-27(18-23)38-21-37-26)29(30(35)36)25(32)17-22(3)11-8-2/h12-13,18,22,24-25,29H,7-11,14-17,19-21H2,1-6H3/p+1/t22?,24-,25+,29-/m1/s1. The zero-order chi connectivity index (χ0) is 27.9. The van der Waals surface area contributed by atoms with Crippen LogP contribution in [0.2, 0.25) is 0 Å². The summed E-state index contributed by atoms with van der Waals surface area (Å²) in [7, 11) is 6.52. The molecule has 1 aromatic rings. The minimum atomic E-state index is -0.790. The van der Waals surface area contributed by atoms with Crippen LogP contribution in [0.1, 0.15) is 70.8 Å². The smallest absolute Gasteiger partial charge is 0.308 e. The average molecular weight is 533 g/mol. The van der Waals surface area contributed by atoms with Crippen LogP contribution in [0.25, 0.3) is 0 Å². The summed E-state index contributed by atoms with van der Waals surface area (Å²) >= 11 is 0. The van der Waals surface area contributed by atoms with Gasteiger partial charge in [-0.05, 0) is 36.5 Å². The number of carboxylic acids is 1. The molecule has 1 amide bonds. The Morgan fingerprint density at radius 3 is 2.47 bits per heavy atom. The summed E-state index contributed by atoms with van der Waals surface area (Å²) in [5.41, 5.74) is 0.940. The SMILES string of the molecule is CCCCN(CCC[N+](C)(C)C)C(=O)CN1C[C@H](c2ccc3c(c2)OCO3)[C@@H](C(=O)O)[C@@H]1CC(C)CCC. The highest BCUT2D eigenvalue weighted by Gasteiger charge is 2.47. The molecule has 1 N–H and O–H groups in total. The monoisotopic (exact) mass is 532 g/mol. The average Bonchev–Trinajstić information content (AvgIpc) is 3.45. The largest absolute Gasteiger partial charge is 0.481 e. The van der Waals surface area contributed by atoms with Gasteiger partial charge in [-0.25, -0.2) is 0 Å². The number of amides is 1. The zero-order valence-electron chi connectivity index (χ0n) is 24.4. The Hall–Kier alpha value is -2.32. The highest BCUT2D eigenvalue weighted by Crippen LogP contribution is 2.43. The Labute approximate surface area is 229 Å². The van der Waals surface area contributed by atoms with Gasteiger partial charge in [-0.15, -0.1) is 0 Å². The normalized spacial score (nSPS) is 22.0. The van der Waals surface area contributed by atoms with Gasteiger partial charge in [0.1, 0.15) is 0 Å². The van der Waals surface area contributed by atoms with E-state index in [0.29, 0.717) is 24.0 Å². The third-order valence-corrected chi connectivity index (χ3v) is 8.01. The summed E-state index contributed by atoms with van der Waals surface area (Å²) in [6.07, 6.45) is 5.85. The molecule has 2 heterocycles. The van der Waals surface area contributed by atoms with Crippen LogP contribution in [0.5, 0.6) is 11.5 Å². The number of fused-ring (bicyclic) bond motifs is 1. The summed E-state index contributed by atoms with van der Waals surface area (Å²) in [5, 5.41) is 10.4. The number of aliphatic carboxylic acids is 1. The van der Waals surface area contributed by atoms with Gasteiger partial charge in [0, 0.05) is 38.0 Å². The van der Waals surface area contributed by atoms with Crippen molar-refractivity contribution in [3.05, 3.63) is 23.8 Å². The number of unbranched alkanes of at least 4 members (excludes halogenated alkanes) is 1. The molecule has 38 heavy (non-hydrogen) atoms. The van der Waals surface area contributed by atoms with Crippen molar-refractivity contribution >= 4 is 11.9 Å². The van der Waals surface area contributed by atoms with Crippen LogP contribution in [-0.2, 0) is 9.59 Å². The van der Waals surface area contributed by atoms with Crippen LogP contribution in [0.15, 0.2) is 18.2 Å². The molecule has 214 valence electrons. The van der Waals surface area contributed by atoms with Gasteiger partial charge in [0.2, 0.25) is 12.7 Å². The summed E-state index contributed by atoms with van der Waals surface area (Å²) in [5.74, 6) is 0.284. The first-order valence-corrected chi connectivity index (χ1v) is 14.5. The Kier molecular flexibility index (Phi) is 10.9. The van der Waals surface area contributed by atoms with E-state index in [1.807, 2.05) is 23.1 Å². The quantitative estimate of drug-likeness (QED) is 0.337. The highest BCUT2D eigenvalue weighted by atomic mass is 16.7. The van der Waals surface area contributed by atoms with Crippen molar-refractivity contribution in [2.45, 2.75) is 71.3 Å². The van der Waals surface area contributed by atoms with Gasteiger partial charge < -0.3 is 24.0 Å². The van der Waals surface area contributed by atoms with E-state index in [1.54, 1.807) is 0 Å². The molecule has 2 aliphatic rings. The first-order valence-electron chi connectivity index (χ1n) is 14.5. The van der Waals surface area contributed by atoms with Gasteiger partial charge in [0.15, 0.2) is 11.5 Å². The molecule has 8 heteroatoms. The predicted octanol–water partition coefficient (Wildman–Crippen LogP) is 4.44. The lowest BCUT2D eigenvalue weighted by molar-refractivity contribution is -0.870. The molecule has 1 fully saturated rings. The van der Waals surface area contributed by atoms with Crippen molar-refractivity contribution in [3.8, 4) is 11.5 Å². The van der Waals surface area contributed by atoms with Crippen molar-refractivity contribution in [1.29, 1.82) is 0 Å². The molecule has 1 saturated heterocycles. The molecule has 0 bridgehead atoms. The molecule has 3 rings (SSSR count). The van der Waals surface area contributed by atoms with Crippen molar-refractivity contribution in [3.63, 3.8) is 0 Å². The second-order valence-electron chi connectivity index (χ2n) is 12.3. The van der Waals surface area contributed by atoms with Crippen molar-refractivity contribution in [2.75, 3.05) is 60.7 Å². The number of carboxylic acid groups (broad SMARTS) is 1. The molecular formula is C30H50N3O5+. The summed E-state index contributed by atoms with van der Waals surface area (Å²) in [6.45, 7) is 10.0. The van der Waals surface area contributed by atoms with Crippen molar-refractivity contribution in [1.82, 2.24) is 9.80 Å². The van der Waals surface area contributed by atoms with Gasteiger partial charge in [0.25, 0.3) is 0 Å². The molecule has 2 aliphatic heterocycles. The number of rotatable bonds is 15. The fourth-order valence-electron chi connectivity index (χ4n) is 6.01. The molecular weight excluding hydrogens is 482 g/mol. The zero-order valence-corrected chi connectivity index (χ0v) is 24.4. The van der Waals surface area contributed by atoms with Gasteiger partial charge in [-0.1, -0.05) is 46.1 Å². The van der Waals surface area contributed by atoms with E-state index in [2.05, 4.69) is 46.8 Å². The van der Waals surface area contributed by atoms with E-state index >= 15 is 0 Å². The van der Waals surface area contributed by atoms with Gasteiger partial charge >= 0.3 is 5.97 Å². The van der Waals surface area contributed by atoms with E-state index in [9.17, 15) is 14.7 Å². The van der Waals surface area contributed by atoms with Gasteiger partial charge in [0.05, 0.1) is 40.2 Å². The second kappa shape index (κ2) is 13.7. The van der Waals surface area contributed by atoms with E-state index in [0.717, 1.165) is 68.2 Å². The fraction of sp³-hybridized carbons (Fsp3) is 0.733. The molecule has 0 aliphatic carbocycles. The number of quaternary nitrogens is 1. The summed E-state index contributed by atoms with van der Waals surface area (Å²) < 4.78 is 11.9. The number of hydrogen-bond donors (Lipinski definition) is 1. The molecule has 0 saturated carbocycles.